The molecule has 0 amide bonds. The number of fused-ring (bicyclic) bond motifs is 3. The summed E-state index contributed by atoms with van der Waals surface area (Å²) in [6, 6.07) is 7.37. The van der Waals surface area contributed by atoms with Crippen LogP contribution in [0.15, 0.2) is 40.4 Å². The van der Waals surface area contributed by atoms with Gasteiger partial charge in [-0.1, -0.05) is 12.1 Å². The van der Waals surface area contributed by atoms with E-state index in [1.54, 1.807) is 0 Å². The summed E-state index contributed by atoms with van der Waals surface area (Å²) in [5, 5.41) is 4.96. The average Bonchev–Trinajstić information content (AvgIpc) is 2.29. The van der Waals surface area contributed by atoms with Crippen molar-refractivity contribution in [3.05, 3.63) is 40.8 Å². The fourth-order valence-corrected chi connectivity index (χ4v) is 1.80. The van der Waals surface area contributed by atoms with Gasteiger partial charge in [-0.3, -0.25) is 9.78 Å². The van der Waals surface area contributed by atoms with Crippen LogP contribution >= 0.6 is 0 Å². The van der Waals surface area contributed by atoms with E-state index >= 15 is 0 Å². The van der Waals surface area contributed by atoms with E-state index in [1.165, 1.54) is 4.52 Å². The fourth-order valence-electron chi connectivity index (χ4n) is 1.57. The van der Waals surface area contributed by atoms with Gasteiger partial charge in [0.1, 0.15) is 6.20 Å². The van der Waals surface area contributed by atoms with Crippen LogP contribution in [0.4, 0.5) is 0 Å². The number of para-hydroxylation sites is 1. The van der Waals surface area contributed by atoms with Gasteiger partial charge in [0.05, 0.1) is 5.52 Å². The Morgan fingerprint density at radius 1 is 1.18 bits per heavy atom. The molecule has 0 saturated heterocycles. The topological polar surface area (TPSA) is 60.2 Å². The first kappa shape index (κ1) is 13.0. The number of rotatable bonds is 0. The van der Waals surface area contributed by atoms with Crippen LogP contribution in [0.2, 0.25) is 0 Å². The van der Waals surface area contributed by atoms with Gasteiger partial charge in [-0.2, -0.15) is 10.1 Å². The Balaban J connectivity index is 0.00000108. The summed E-state index contributed by atoms with van der Waals surface area (Å²) in [6.45, 7) is 0. The van der Waals surface area contributed by atoms with Crippen molar-refractivity contribution < 1.29 is 51.4 Å². The summed E-state index contributed by atoms with van der Waals surface area (Å²) in [4.78, 5) is 19.3. The van der Waals surface area contributed by atoms with Gasteiger partial charge in [0.25, 0.3) is 5.56 Å². The van der Waals surface area contributed by atoms with Gasteiger partial charge in [0.2, 0.25) is 0 Å². The van der Waals surface area contributed by atoms with Crippen molar-refractivity contribution in [3.63, 3.8) is 0 Å². The summed E-state index contributed by atoms with van der Waals surface area (Å²) in [7, 11) is 0. The first-order valence-electron chi connectivity index (χ1n) is 4.57. The molecule has 0 spiro atoms. The van der Waals surface area contributed by atoms with Gasteiger partial charge in [-0.15, -0.1) is 0 Å². The molecule has 7 heteroatoms. The molecule has 2 aromatic heterocycles. The smallest absolute Gasteiger partial charge is 0.740 e. The van der Waals surface area contributed by atoms with Crippen molar-refractivity contribution in [1.82, 2.24) is 19.6 Å². The van der Waals surface area contributed by atoms with Crippen molar-refractivity contribution in [1.29, 1.82) is 0 Å². The predicted molar refractivity (Wildman–Crippen MR) is 60.2 cm³/mol. The zero-order valence-corrected chi connectivity index (χ0v) is 12.9. The molecule has 0 bridgehead atoms. The van der Waals surface area contributed by atoms with Crippen LogP contribution in [0.3, 0.4) is 0 Å². The van der Waals surface area contributed by atoms with Crippen LogP contribution < -0.4 is 56.9 Å². The molecule has 17 heavy (non-hydrogen) atoms. The summed E-state index contributed by atoms with van der Waals surface area (Å²) in [5.74, 6) is 0. The normalized spacial score (nSPS) is 10.4. The molecule has 0 unspecified atom stereocenters. The molecule has 0 fully saturated rings. The van der Waals surface area contributed by atoms with Gasteiger partial charge in [0, 0.05) is 10.5 Å². The molecule has 0 saturated carbocycles. The Kier molecular flexibility index (Phi) is 3.86. The summed E-state index contributed by atoms with van der Waals surface area (Å²) >= 11 is 5.07. The largest absolute Gasteiger partial charge is 1.00 e. The number of hydrogen-bond acceptors (Lipinski definition) is 5. The molecule has 3 rings (SSSR count). The van der Waals surface area contributed by atoms with Crippen LogP contribution in [0, 0.1) is 0 Å². The molecule has 0 aliphatic carbocycles. The van der Waals surface area contributed by atoms with Gasteiger partial charge >= 0.3 is 51.4 Å². The van der Waals surface area contributed by atoms with Crippen molar-refractivity contribution in [2.24, 2.45) is 0 Å². The van der Waals surface area contributed by atoms with Crippen LogP contribution in [0.5, 0.6) is 0 Å². The van der Waals surface area contributed by atoms with E-state index in [4.69, 9.17) is 12.6 Å². The van der Waals surface area contributed by atoms with Crippen LogP contribution in [-0.4, -0.2) is 19.6 Å². The Morgan fingerprint density at radius 2 is 1.94 bits per heavy atom. The molecule has 3 aromatic rings. The fraction of sp³-hybridized carbons (Fsp3) is 0. The molecule has 2 heterocycles. The Labute approximate surface area is 144 Å². The standard InChI is InChI=1S/C10H6N4OS.K/c15-8-5-11-14-9(13-8)6-3-1-2-4-7(6)12-10(14)16;/h1-5H,(H,12,16);/q;+1/p-1. The molecular formula is C10H5KN4OS. The second-order valence-electron chi connectivity index (χ2n) is 3.24. The third-order valence-corrected chi connectivity index (χ3v) is 2.51. The molecule has 1 aromatic carbocycles. The molecule has 0 N–H and O–H groups in total. The SMILES string of the molecule is O=c1cnn2c([S-])nc3ccccc3c2n1.[K+]. The van der Waals surface area contributed by atoms with Crippen LogP contribution in [0.1, 0.15) is 0 Å². The van der Waals surface area contributed by atoms with E-state index in [2.05, 4.69) is 15.1 Å². The maximum absolute atomic E-state index is 11.2. The monoisotopic (exact) mass is 268 g/mol. The predicted octanol–water partition coefficient (Wildman–Crippen LogP) is -2.45. The van der Waals surface area contributed by atoms with Gasteiger partial charge < -0.3 is 12.6 Å². The number of hydrogen-bond donors (Lipinski definition) is 0. The number of benzene rings is 1. The Morgan fingerprint density at radius 3 is 2.76 bits per heavy atom. The van der Waals surface area contributed by atoms with Gasteiger partial charge in [0.15, 0.2) is 5.65 Å². The number of nitrogens with zero attached hydrogens (tertiary/aromatic N) is 4. The van der Waals surface area contributed by atoms with Crippen LogP contribution in [-0.2, 0) is 12.6 Å². The van der Waals surface area contributed by atoms with Gasteiger partial charge in [-0.25, -0.2) is 4.52 Å². The van der Waals surface area contributed by atoms with E-state index in [0.29, 0.717) is 16.3 Å². The summed E-state index contributed by atoms with van der Waals surface area (Å²) in [6.07, 6.45) is 1.12. The van der Waals surface area contributed by atoms with E-state index < -0.39 is 0 Å². The van der Waals surface area contributed by atoms with Crippen molar-refractivity contribution >= 4 is 29.2 Å². The minimum absolute atomic E-state index is 0. The van der Waals surface area contributed by atoms with E-state index in [9.17, 15) is 4.79 Å². The average molecular weight is 268 g/mol. The van der Waals surface area contributed by atoms with E-state index in [0.717, 1.165) is 11.6 Å². The first-order valence-corrected chi connectivity index (χ1v) is 4.98. The molecule has 5 nitrogen and oxygen atoms in total. The summed E-state index contributed by atoms with van der Waals surface area (Å²) < 4.78 is 1.39. The van der Waals surface area contributed by atoms with Crippen molar-refractivity contribution in [2.45, 2.75) is 5.16 Å². The quantitative estimate of drug-likeness (QED) is 0.196. The summed E-state index contributed by atoms with van der Waals surface area (Å²) in [5.41, 5.74) is 0.779. The molecule has 0 aliphatic heterocycles. The second-order valence-corrected chi connectivity index (χ2v) is 3.61. The first-order chi connectivity index (χ1) is 7.75. The Bertz CT molecular complexity index is 758. The van der Waals surface area contributed by atoms with Gasteiger partial charge in [-0.05, 0) is 12.1 Å². The van der Waals surface area contributed by atoms with Crippen molar-refractivity contribution in [2.75, 3.05) is 0 Å². The third kappa shape index (κ3) is 2.26. The Hall–Kier alpha value is -0.444. The minimum Gasteiger partial charge on any atom is -0.740 e. The minimum atomic E-state index is -0.384. The molecular weight excluding hydrogens is 263 g/mol. The third-order valence-electron chi connectivity index (χ3n) is 2.24. The maximum Gasteiger partial charge on any atom is 1.00 e. The number of aromatic nitrogens is 4. The molecule has 0 atom stereocenters. The van der Waals surface area contributed by atoms with Crippen LogP contribution in [0.25, 0.3) is 16.6 Å². The van der Waals surface area contributed by atoms with E-state index in [-0.39, 0.29) is 56.9 Å². The molecule has 78 valence electrons. The molecule has 0 radical (unpaired) electrons. The second kappa shape index (κ2) is 5.05. The van der Waals surface area contributed by atoms with E-state index in [1.807, 2.05) is 24.3 Å². The zero-order chi connectivity index (χ0) is 11.1. The maximum atomic E-state index is 11.2. The zero-order valence-electron chi connectivity index (χ0n) is 8.99. The molecule has 0 aliphatic rings. The van der Waals surface area contributed by atoms with Crippen molar-refractivity contribution in [3.8, 4) is 0 Å².